The molecule has 1 aliphatic heterocycles. The first-order chi connectivity index (χ1) is 7.32. The maximum atomic E-state index is 11.2. The third-order valence-corrected chi connectivity index (χ3v) is 2.20. The Hall–Kier alpha value is -1.85. The predicted molar refractivity (Wildman–Crippen MR) is 53.7 cm³/mol. The van der Waals surface area contributed by atoms with E-state index in [2.05, 4.69) is 4.74 Å². The van der Waals surface area contributed by atoms with Crippen LogP contribution < -0.4 is 0 Å². The molecule has 0 aromatic carbocycles. The predicted octanol–water partition coefficient (Wildman–Crippen LogP) is 0.775. The molecule has 2 amide bonds. The number of ether oxygens (including phenoxy) is 1. The number of rotatable bonds is 4. The number of amides is 2. The Morgan fingerprint density at radius 3 is 2.31 bits per heavy atom. The van der Waals surface area contributed by atoms with Crippen LogP contribution in [0.3, 0.4) is 0 Å². The average molecular weight is 227 g/mol. The van der Waals surface area contributed by atoms with Crippen LogP contribution in [0.25, 0.3) is 0 Å². The third kappa shape index (κ3) is 3.08. The zero-order chi connectivity index (χ0) is 12.3. The number of hydrogen-bond donors (Lipinski definition) is 1. The van der Waals surface area contributed by atoms with Crippen LogP contribution in [0.5, 0.6) is 0 Å². The fourth-order valence-electron chi connectivity index (χ4n) is 1.32. The van der Waals surface area contributed by atoms with Crippen LogP contribution in [-0.4, -0.2) is 40.1 Å². The van der Waals surface area contributed by atoms with E-state index in [1.807, 2.05) is 0 Å². The second-order valence-corrected chi connectivity index (χ2v) is 4.04. The molecule has 0 bridgehead atoms. The quantitative estimate of drug-likeness (QED) is 0.566. The molecule has 6 nitrogen and oxygen atoms in total. The number of carboxylic acid groups (broad SMARTS) is 1. The SMILES string of the molecule is CC(C)(CCN1C(=O)C=CC1=O)OC(=O)O. The molecule has 0 atom stereocenters. The lowest BCUT2D eigenvalue weighted by molar-refractivity contribution is -0.137. The minimum atomic E-state index is -1.37. The molecule has 0 aromatic rings. The van der Waals surface area contributed by atoms with E-state index in [1.54, 1.807) is 13.8 Å². The van der Waals surface area contributed by atoms with Crippen LogP contribution in [0.15, 0.2) is 12.2 Å². The topological polar surface area (TPSA) is 83.9 Å². The van der Waals surface area contributed by atoms with E-state index in [9.17, 15) is 14.4 Å². The molecule has 1 heterocycles. The van der Waals surface area contributed by atoms with Crippen LogP contribution in [0.4, 0.5) is 4.79 Å². The fraction of sp³-hybridized carbons (Fsp3) is 0.500. The van der Waals surface area contributed by atoms with E-state index >= 15 is 0 Å². The number of carbonyl (C=O) groups excluding carboxylic acids is 2. The summed E-state index contributed by atoms with van der Waals surface area (Å²) >= 11 is 0. The lowest BCUT2D eigenvalue weighted by Crippen LogP contribution is -2.37. The Morgan fingerprint density at radius 2 is 1.88 bits per heavy atom. The highest BCUT2D eigenvalue weighted by atomic mass is 16.7. The summed E-state index contributed by atoms with van der Waals surface area (Å²) in [5.74, 6) is -0.757. The van der Waals surface area contributed by atoms with Crippen molar-refractivity contribution in [2.24, 2.45) is 0 Å². The van der Waals surface area contributed by atoms with Gasteiger partial charge in [-0.2, -0.15) is 0 Å². The summed E-state index contributed by atoms with van der Waals surface area (Å²) < 4.78 is 4.61. The van der Waals surface area contributed by atoms with Gasteiger partial charge >= 0.3 is 6.16 Å². The van der Waals surface area contributed by atoms with Gasteiger partial charge in [-0.3, -0.25) is 14.5 Å². The molecule has 6 heteroatoms. The molecule has 1 rings (SSSR count). The number of imide groups is 1. The first-order valence-corrected chi connectivity index (χ1v) is 4.77. The van der Waals surface area contributed by atoms with Gasteiger partial charge in [0, 0.05) is 25.1 Å². The molecule has 16 heavy (non-hydrogen) atoms. The normalized spacial score (nSPS) is 15.8. The van der Waals surface area contributed by atoms with Crippen molar-refractivity contribution >= 4 is 18.0 Å². The summed E-state index contributed by atoms with van der Waals surface area (Å²) in [4.78, 5) is 33.8. The average Bonchev–Trinajstić information content (AvgIpc) is 2.41. The molecule has 0 unspecified atom stereocenters. The largest absolute Gasteiger partial charge is 0.506 e. The first kappa shape index (κ1) is 12.2. The maximum Gasteiger partial charge on any atom is 0.506 e. The van der Waals surface area contributed by atoms with Gasteiger partial charge in [0.05, 0.1) is 0 Å². The summed E-state index contributed by atoms with van der Waals surface area (Å²) in [5, 5.41) is 8.46. The van der Waals surface area contributed by atoms with E-state index in [0.717, 1.165) is 4.90 Å². The summed E-state index contributed by atoms with van der Waals surface area (Å²) in [6, 6.07) is 0. The van der Waals surface area contributed by atoms with Gasteiger partial charge in [0.25, 0.3) is 11.8 Å². The Balaban J connectivity index is 2.48. The van der Waals surface area contributed by atoms with Crippen molar-refractivity contribution in [1.29, 1.82) is 0 Å². The van der Waals surface area contributed by atoms with E-state index in [1.165, 1.54) is 12.2 Å². The minimum Gasteiger partial charge on any atom is -0.450 e. The fourth-order valence-corrected chi connectivity index (χ4v) is 1.32. The molecular formula is C10H13NO5. The van der Waals surface area contributed by atoms with Gasteiger partial charge in [-0.15, -0.1) is 0 Å². The van der Waals surface area contributed by atoms with E-state index in [0.29, 0.717) is 0 Å². The lowest BCUT2D eigenvalue weighted by atomic mass is 10.1. The van der Waals surface area contributed by atoms with Crippen molar-refractivity contribution in [3.8, 4) is 0 Å². The van der Waals surface area contributed by atoms with Crippen molar-refractivity contribution in [2.75, 3.05) is 6.54 Å². The molecule has 0 spiro atoms. The molecule has 0 aliphatic carbocycles. The molecule has 0 aromatic heterocycles. The Morgan fingerprint density at radius 1 is 1.38 bits per heavy atom. The number of hydrogen-bond acceptors (Lipinski definition) is 4. The summed E-state index contributed by atoms with van der Waals surface area (Å²) in [5.41, 5.74) is -0.922. The molecule has 88 valence electrons. The zero-order valence-corrected chi connectivity index (χ0v) is 9.10. The van der Waals surface area contributed by atoms with Crippen LogP contribution in [-0.2, 0) is 14.3 Å². The lowest BCUT2D eigenvalue weighted by Gasteiger charge is -2.25. The van der Waals surface area contributed by atoms with E-state index in [4.69, 9.17) is 5.11 Å². The van der Waals surface area contributed by atoms with Crippen molar-refractivity contribution in [3.63, 3.8) is 0 Å². The molecule has 0 saturated carbocycles. The highest BCUT2D eigenvalue weighted by Crippen LogP contribution is 2.16. The minimum absolute atomic E-state index is 0.144. The van der Waals surface area contributed by atoms with Gasteiger partial charge in [-0.05, 0) is 13.8 Å². The van der Waals surface area contributed by atoms with Gasteiger partial charge in [0.15, 0.2) is 0 Å². The maximum absolute atomic E-state index is 11.2. The van der Waals surface area contributed by atoms with Crippen molar-refractivity contribution in [1.82, 2.24) is 4.90 Å². The van der Waals surface area contributed by atoms with Crippen molar-refractivity contribution in [3.05, 3.63) is 12.2 Å². The Kier molecular flexibility index (Phi) is 3.31. The van der Waals surface area contributed by atoms with Gasteiger partial charge in [0.1, 0.15) is 5.60 Å². The summed E-state index contributed by atoms with van der Waals surface area (Å²) in [6.07, 6.45) is 1.27. The Labute approximate surface area is 92.5 Å². The second kappa shape index (κ2) is 4.34. The van der Waals surface area contributed by atoms with Gasteiger partial charge in [-0.25, -0.2) is 4.79 Å². The second-order valence-electron chi connectivity index (χ2n) is 4.04. The van der Waals surface area contributed by atoms with Crippen molar-refractivity contribution in [2.45, 2.75) is 25.9 Å². The van der Waals surface area contributed by atoms with Gasteiger partial charge in [0.2, 0.25) is 0 Å². The number of nitrogens with zero attached hydrogens (tertiary/aromatic N) is 1. The van der Waals surface area contributed by atoms with Crippen LogP contribution in [0, 0.1) is 0 Å². The molecule has 1 aliphatic rings. The van der Waals surface area contributed by atoms with Crippen molar-refractivity contribution < 1.29 is 24.2 Å². The Bertz CT molecular complexity index is 340. The molecular weight excluding hydrogens is 214 g/mol. The molecule has 1 N–H and O–H groups in total. The monoisotopic (exact) mass is 227 g/mol. The van der Waals surface area contributed by atoms with Gasteiger partial charge in [-0.1, -0.05) is 0 Å². The first-order valence-electron chi connectivity index (χ1n) is 4.77. The van der Waals surface area contributed by atoms with Gasteiger partial charge < -0.3 is 9.84 Å². The van der Waals surface area contributed by atoms with Crippen LogP contribution >= 0.6 is 0 Å². The van der Waals surface area contributed by atoms with Crippen LogP contribution in [0.1, 0.15) is 20.3 Å². The molecule has 0 radical (unpaired) electrons. The standard InChI is InChI=1S/C10H13NO5/c1-10(2,16-9(14)15)5-6-11-7(12)3-4-8(11)13/h3-4H,5-6H2,1-2H3,(H,14,15). The zero-order valence-electron chi connectivity index (χ0n) is 9.10. The summed E-state index contributed by atoms with van der Waals surface area (Å²) in [6.45, 7) is 3.31. The molecule has 0 saturated heterocycles. The highest BCUT2D eigenvalue weighted by Gasteiger charge is 2.28. The highest BCUT2D eigenvalue weighted by molar-refractivity contribution is 6.12. The number of carbonyl (C=O) groups is 3. The smallest absolute Gasteiger partial charge is 0.450 e. The summed E-state index contributed by atoms with van der Waals surface area (Å²) in [7, 11) is 0. The van der Waals surface area contributed by atoms with E-state index < -0.39 is 11.8 Å². The third-order valence-electron chi connectivity index (χ3n) is 2.20. The van der Waals surface area contributed by atoms with Crippen LogP contribution in [0.2, 0.25) is 0 Å². The van der Waals surface area contributed by atoms with E-state index in [-0.39, 0.29) is 24.8 Å². The molecule has 0 fully saturated rings.